The molecule has 0 fully saturated rings. The molecule has 164 valence electrons. The Labute approximate surface area is 177 Å². The molecule has 0 bridgehead atoms. The number of carbonyl (C=O) groups excluding carboxylic acids is 1. The van der Waals surface area contributed by atoms with E-state index in [1.54, 1.807) is 7.11 Å². The third kappa shape index (κ3) is 9.03. The molecule has 1 aliphatic carbocycles. The Morgan fingerprint density at radius 3 is 2.31 bits per heavy atom. The minimum absolute atomic E-state index is 0.0369. The van der Waals surface area contributed by atoms with Crippen LogP contribution in [0.25, 0.3) is 0 Å². The van der Waals surface area contributed by atoms with Gasteiger partial charge < -0.3 is 15.2 Å². The van der Waals surface area contributed by atoms with Gasteiger partial charge in [-0.3, -0.25) is 4.79 Å². The first-order chi connectivity index (χ1) is 13.8. The monoisotopic (exact) mass is 403 g/mol. The van der Waals surface area contributed by atoms with Crippen molar-refractivity contribution in [2.24, 2.45) is 11.8 Å². The summed E-state index contributed by atoms with van der Waals surface area (Å²) in [5.41, 5.74) is 5.05. The molecule has 1 unspecified atom stereocenters. The number of carbonyl (C=O) groups is 1. The Balaban J connectivity index is 2.59. The Kier molecular flexibility index (Phi) is 11.7. The molecule has 0 aromatic rings. The van der Waals surface area contributed by atoms with Gasteiger partial charge in [-0.25, -0.2) is 0 Å². The van der Waals surface area contributed by atoms with Crippen LogP contribution in [0, 0.1) is 11.8 Å². The van der Waals surface area contributed by atoms with Crippen molar-refractivity contribution in [2.45, 2.75) is 73.1 Å². The van der Waals surface area contributed by atoms with Crippen molar-refractivity contribution in [3.63, 3.8) is 0 Å². The highest BCUT2D eigenvalue weighted by atomic mass is 16.5. The third-order valence-electron chi connectivity index (χ3n) is 5.63. The molecule has 2 N–H and O–H groups in total. The Hall–Kier alpha value is -1.81. The van der Waals surface area contributed by atoms with Gasteiger partial charge in [-0.1, -0.05) is 41.9 Å². The number of ketones is 1. The number of hydrogen-bond donors (Lipinski definition) is 2. The minimum atomic E-state index is -0.0501. The Bertz CT molecular complexity index is 651. The smallest absolute Gasteiger partial charge is 0.202 e. The number of aliphatic hydroxyl groups is 1. The van der Waals surface area contributed by atoms with Gasteiger partial charge in [0.1, 0.15) is 0 Å². The standard InChI is InChI=1S/C25H41NO3/c1-18(2)9-7-10-19(3)11-8-12-20(4)13-14-22-17-23(26-15-16-27)25(29-6)24(28)21(22)5/h9,11,13,21-22,26-27H,7-8,10,12,14-17H2,1-6H3/b19-11+,20-13+/t21?,22-/m1/s1. The zero-order chi connectivity index (χ0) is 21.8. The second kappa shape index (κ2) is 13.4. The minimum Gasteiger partial charge on any atom is -0.491 e. The van der Waals surface area contributed by atoms with Crippen molar-refractivity contribution >= 4 is 5.78 Å². The number of rotatable bonds is 12. The van der Waals surface area contributed by atoms with E-state index in [1.807, 2.05) is 6.92 Å². The zero-order valence-electron chi connectivity index (χ0n) is 19.3. The van der Waals surface area contributed by atoms with Crippen LogP contribution in [0.1, 0.15) is 73.1 Å². The lowest BCUT2D eigenvalue weighted by molar-refractivity contribution is -0.124. The van der Waals surface area contributed by atoms with Crippen LogP contribution in [0.4, 0.5) is 0 Å². The predicted octanol–water partition coefficient (Wildman–Crippen LogP) is 5.46. The molecule has 2 atom stereocenters. The summed E-state index contributed by atoms with van der Waals surface area (Å²) in [6.07, 6.45) is 13.0. The molecule has 4 nitrogen and oxygen atoms in total. The first-order valence-corrected chi connectivity index (χ1v) is 10.9. The van der Waals surface area contributed by atoms with Crippen molar-refractivity contribution in [2.75, 3.05) is 20.3 Å². The van der Waals surface area contributed by atoms with Gasteiger partial charge in [-0.05, 0) is 72.1 Å². The quantitative estimate of drug-likeness (QED) is 0.425. The molecular formula is C25H41NO3. The van der Waals surface area contributed by atoms with Crippen LogP contribution in [-0.2, 0) is 9.53 Å². The van der Waals surface area contributed by atoms with Gasteiger partial charge in [-0.15, -0.1) is 0 Å². The molecule has 0 heterocycles. The van der Waals surface area contributed by atoms with Gasteiger partial charge in [0.05, 0.1) is 19.4 Å². The van der Waals surface area contributed by atoms with E-state index in [2.05, 4.69) is 51.2 Å². The largest absolute Gasteiger partial charge is 0.491 e. The summed E-state index contributed by atoms with van der Waals surface area (Å²) < 4.78 is 5.33. The number of hydrogen-bond acceptors (Lipinski definition) is 4. The summed E-state index contributed by atoms with van der Waals surface area (Å²) >= 11 is 0. The van der Waals surface area contributed by atoms with Gasteiger partial charge in [0.2, 0.25) is 5.78 Å². The van der Waals surface area contributed by atoms with Gasteiger partial charge in [0, 0.05) is 12.5 Å². The Morgan fingerprint density at radius 2 is 1.72 bits per heavy atom. The molecular weight excluding hydrogens is 362 g/mol. The van der Waals surface area contributed by atoms with E-state index in [0.29, 0.717) is 12.3 Å². The van der Waals surface area contributed by atoms with Crippen LogP contribution < -0.4 is 5.32 Å². The molecule has 29 heavy (non-hydrogen) atoms. The summed E-state index contributed by atoms with van der Waals surface area (Å²) in [4.78, 5) is 12.6. The lowest BCUT2D eigenvalue weighted by atomic mass is 9.78. The van der Waals surface area contributed by atoms with Crippen LogP contribution in [0.5, 0.6) is 0 Å². The van der Waals surface area contributed by atoms with Gasteiger partial charge in [0.25, 0.3) is 0 Å². The number of Topliss-reactive ketones (excluding diaryl/α,β-unsaturated/α-hetero) is 1. The third-order valence-corrected chi connectivity index (χ3v) is 5.63. The maximum absolute atomic E-state index is 12.6. The van der Waals surface area contributed by atoms with E-state index in [-0.39, 0.29) is 24.2 Å². The summed E-state index contributed by atoms with van der Waals surface area (Å²) in [6.45, 7) is 11.2. The van der Waals surface area contributed by atoms with Crippen molar-refractivity contribution < 1.29 is 14.6 Å². The first kappa shape index (κ1) is 25.2. The molecule has 0 aromatic carbocycles. The predicted molar refractivity (Wildman–Crippen MR) is 121 cm³/mol. The highest BCUT2D eigenvalue weighted by molar-refractivity contribution is 5.96. The van der Waals surface area contributed by atoms with Crippen molar-refractivity contribution in [3.8, 4) is 0 Å². The molecule has 1 rings (SSSR count). The second-order valence-corrected chi connectivity index (χ2v) is 8.47. The molecule has 0 amide bonds. The molecule has 0 radical (unpaired) electrons. The van der Waals surface area contributed by atoms with E-state index < -0.39 is 0 Å². The van der Waals surface area contributed by atoms with Crippen LogP contribution in [0.3, 0.4) is 0 Å². The van der Waals surface area contributed by atoms with Crippen molar-refractivity contribution in [3.05, 3.63) is 46.4 Å². The molecule has 1 aliphatic rings. The average molecular weight is 404 g/mol. The fourth-order valence-electron chi connectivity index (χ4n) is 3.66. The lowest BCUT2D eigenvalue weighted by Crippen LogP contribution is -2.34. The fourth-order valence-corrected chi connectivity index (χ4v) is 3.66. The average Bonchev–Trinajstić information content (AvgIpc) is 2.67. The molecule has 0 saturated heterocycles. The van der Waals surface area contributed by atoms with Gasteiger partial charge in [-0.2, -0.15) is 0 Å². The number of nitrogens with one attached hydrogen (secondary N) is 1. The first-order valence-electron chi connectivity index (χ1n) is 10.9. The number of ether oxygens (including phenoxy) is 1. The molecule has 4 heteroatoms. The van der Waals surface area contributed by atoms with Crippen molar-refractivity contribution in [1.82, 2.24) is 5.32 Å². The molecule has 0 saturated carbocycles. The van der Waals surface area contributed by atoms with Gasteiger partial charge >= 0.3 is 0 Å². The van der Waals surface area contributed by atoms with E-state index in [0.717, 1.165) is 44.2 Å². The summed E-state index contributed by atoms with van der Waals surface area (Å²) in [6, 6.07) is 0. The zero-order valence-corrected chi connectivity index (χ0v) is 19.3. The molecule has 0 spiro atoms. The van der Waals surface area contributed by atoms with E-state index >= 15 is 0 Å². The van der Waals surface area contributed by atoms with Gasteiger partial charge in [0.15, 0.2) is 5.76 Å². The Morgan fingerprint density at radius 1 is 1.10 bits per heavy atom. The highest BCUT2D eigenvalue weighted by Crippen LogP contribution is 2.33. The van der Waals surface area contributed by atoms with Crippen molar-refractivity contribution in [1.29, 1.82) is 0 Å². The highest BCUT2D eigenvalue weighted by Gasteiger charge is 2.34. The SMILES string of the molecule is COC1=C(NCCO)C[C@@H](C/C=C(\C)CC/C=C(\C)CCC=C(C)C)C(C)C1=O. The second-order valence-electron chi connectivity index (χ2n) is 8.47. The maximum atomic E-state index is 12.6. The van der Waals surface area contributed by atoms with Crippen LogP contribution in [0.15, 0.2) is 46.4 Å². The van der Waals surface area contributed by atoms with Crippen LogP contribution in [-0.4, -0.2) is 31.2 Å². The number of methoxy groups -OCH3 is 1. The summed E-state index contributed by atoms with van der Waals surface area (Å²) in [5.74, 6) is 0.701. The fraction of sp³-hybridized carbons (Fsp3) is 0.640. The summed E-state index contributed by atoms with van der Waals surface area (Å²) in [5, 5.41) is 12.2. The summed E-state index contributed by atoms with van der Waals surface area (Å²) in [7, 11) is 1.54. The normalized spacial score (nSPS) is 20.7. The van der Waals surface area contributed by atoms with Crippen LogP contribution in [0.2, 0.25) is 0 Å². The maximum Gasteiger partial charge on any atom is 0.202 e. The van der Waals surface area contributed by atoms with E-state index in [4.69, 9.17) is 9.84 Å². The number of aliphatic hydroxyl groups excluding tert-OH is 1. The van der Waals surface area contributed by atoms with E-state index in [1.165, 1.54) is 16.7 Å². The molecule has 0 aliphatic heterocycles. The van der Waals surface area contributed by atoms with E-state index in [9.17, 15) is 4.79 Å². The number of allylic oxidation sites excluding steroid dienone is 8. The topological polar surface area (TPSA) is 58.6 Å². The lowest BCUT2D eigenvalue weighted by Gasteiger charge is -2.30. The molecule has 0 aromatic heterocycles. The van der Waals surface area contributed by atoms with Crippen LogP contribution >= 0.6 is 0 Å².